The molecule has 0 atom stereocenters. The summed E-state index contributed by atoms with van der Waals surface area (Å²) in [6.07, 6.45) is 1.78. The summed E-state index contributed by atoms with van der Waals surface area (Å²) in [5.74, 6) is -0.0414. The van der Waals surface area contributed by atoms with E-state index in [9.17, 15) is 9.59 Å². The molecule has 1 aliphatic heterocycles. The number of fused-ring (bicyclic) bond motifs is 1. The van der Waals surface area contributed by atoms with Crippen LogP contribution >= 0.6 is 24.0 Å². The number of carbonyl (C=O) groups excluding carboxylic acids is 2. The van der Waals surface area contributed by atoms with Gasteiger partial charge in [-0.15, -0.1) is 0 Å². The molecule has 3 aromatic rings. The average molecular weight is 424 g/mol. The van der Waals surface area contributed by atoms with E-state index in [0.29, 0.717) is 27.1 Å². The van der Waals surface area contributed by atoms with Gasteiger partial charge >= 0.3 is 5.97 Å². The maximum Gasteiger partial charge on any atom is 0.379 e. The van der Waals surface area contributed by atoms with Crippen molar-refractivity contribution in [3.8, 4) is 5.75 Å². The molecule has 0 radical (unpaired) electrons. The molecule has 2 aromatic carbocycles. The molecule has 1 fully saturated rings. The smallest absolute Gasteiger partial charge is 0.379 e. The lowest BCUT2D eigenvalue weighted by molar-refractivity contribution is -0.121. The van der Waals surface area contributed by atoms with Crippen LogP contribution in [-0.4, -0.2) is 27.6 Å². The average Bonchev–Trinajstić information content (AvgIpc) is 3.19. The van der Waals surface area contributed by atoms with Gasteiger partial charge in [0.05, 0.1) is 4.91 Å². The van der Waals surface area contributed by atoms with Gasteiger partial charge < -0.3 is 9.15 Å². The molecule has 0 aliphatic carbocycles. The summed E-state index contributed by atoms with van der Waals surface area (Å²) in [6.45, 7) is 4.27. The van der Waals surface area contributed by atoms with Crippen molar-refractivity contribution in [2.45, 2.75) is 13.8 Å². The molecule has 146 valence electrons. The van der Waals surface area contributed by atoms with Crippen LogP contribution in [0.15, 0.2) is 57.9 Å². The Kier molecular flexibility index (Phi) is 5.25. The second-order valence-electron chi connectivity index (χ2n) is 6.44. The Balaban J connectivity index is 1.50. The van der Waals surface area contributed by atoms with E-state index in [1.165, 1.54) is 11.8 Å². The van der Waals surface area contributed by atoms with E-state index in [1.54, 1.807) is 35.2 Å². The fourth-order valence-electron chi connectivity index (χ4n) is 3.08. The quantitative estimate of drug-likeness (QED) is 0.249. The van der Waals surface area contributed by atoms with E-state index in [0.717, 1.165) is 16.5 Å². The molecule has 0 spiro atoms. The highest BCUT2D eigenvalue weighted by Crippen LogP contribution is 2.32. The van der Waals surface area contributed by atoms with Crippen molar-refractivity contribution >= 4 is 57.2 Å². The third kappa shape index (κ3) is 3.71. The Hall–Kier alpha value is -2.90. The summed E-state index contributed by atoms with van der Waals surface area (Å²) >= 11 is 6.51. The minimum Gasteiger partial charge on any atom is -0.449 e. The zero-order valence-corrected chi connectivity index (χ0v) is 17.4. The maximum absolute atomic E-state index is 12.5. The molecule has 1 aromatic heterocycles. The molecule has 5 nitrogen and oxygen atoms in total. The van der Waals surface area contributed by atoms with Crippen LogP contribution in [0.4, 0.5) is 0 Å². The van der Waals surface area contributed by atoms with Gasteiger partial charge in [-0.25, -0.2) is 4.79 Å². The van der Waals surface area contributed by atoms with E-state index >= 15 is 0 Å². The van der Waals surface area contributed by atoms with Crippen LogP contribution in [0.1, 0.15) is 28.6 Å². The minimum absolute atomic E-state index is 0.0848. The van der Waals surface area contributed by atoms with Crippen molar-refractivity contribution in [2.24, 2.45) is 0 Å². The van der Waals surface area contributed by atoms with Crippen molar-refractivity contribution in [1.29, 1.82) is 0 Å². The molecule has 1 aliphatic rings. The largest absolute Gasteiger partial charge is 0.449 e. The zero-order chi connectivity index (χ0) is 20.5. The van der Waals surface area contributed by atoms with Crippen molar-refractivity contribution in [3.05, 3.63) is 70.3 Å². The third-order valence-corrected chi connectivity index (χ3v) is 5.99. The molecule has 0 unspecified atom stereocenters. The predicted octanol–water partition coefficient (Wildman–Crippen LogP) is 5.18. The van der Waals surface area contributed by atoms with Crippen LogP contribution in [-0.2, 0) is 4.79 Å². The van der Waals surface area contributed by atoms with Crippen molar-refractivity contribution in [1.82, 2.24) is 4.90 Å². The Morgan fingerprint density at radius 1 is 1.21 bits per heavy atom. The Bertz CT molecular complexity index is 1160. The zero-order valence-electron chi connectivity index (χ0n) is 15.8. The number of benzene rings is 2. The van der Waals surface area contributed by atoms with E-state index in [-0.39, 0.29) is 11.7 Å². The highest BCUT2D eigenvalue weighted by atomic mass is 32.2. The number of rotatable bonds is 4. The molecule has 29 heavy (non-hydrogen) atoms. The number of likely N-dealkylation sites (N-methyl/N-ethyl adjacent to an activating group) is 1. The predicted molar refractivity (Wildman–Crippen MR) is 118 cm³/mol. The monoisotopic (exact) mass is 423 g/mol. The number of hydrogen-bond donors (Lipinski definition) is 0. The molecule has 4 rings (SSSR count). The highest BCUT2D eigenvalue weighted by Gasteiger charge is 2.30. The number of amides is 1. The van der Waals surface area contributed by atoms with Crippen molar-refractivity contribution in [3.63, 3.8) is 0 Å². The fraction of sp³-hybridized carbons (Fsp3) is 0.136. The number of esters is 1. The number of nitrogens with zero attached hydrogens (tertiary/aromatic N) is 1. The number of furan rings is 1. The van der Waals surface area contributed by atoms with Crippen LogP contribution < -0.4 is 4.74 Å². The van der Waals surface area contributed by atoms with E-state index in [2.05, 4.69) is 0 Å². The molecule has 0 saturated carbocycles. The van der Waals surface area contributed by atoms with Gasteiger partial charge in [0.15, 0.2) is 0 Å². The lowest BCUT2D eigenvalue weighted by atomic mass is 10.1. The SMILES string of the molecule is CCN1C(=O)C(=Cc2ccc(OC(=O)c3oc4ccccc4c3C)cc2)SC1=S. The lowest BCUT2D eigenvalue weighted by Crippen LogP contribution is -2.27. The van der Waals surface area contributed by atoms with Crippen LogP contribution in [0, 0.1) is 6.92 Å². The standard InChI is InChI=1S/C22H17NO4S2/c1-3-23-20(24)18(29-22(23)28)12-14-8-10-15(11-9-14)26-21(25)19-13(2)16-6-4-5-7-17(16)27-19/h4-12H,3H2,1-2H3. The molecule has 0 bridgehead atoms. The Labute approximate surface area is 177 Å². The molecular formula is C22H17NO4S2. The molecule has 7 heteroatoms. The maximum atomic E-state index is 12.5. The van der Waals surface area contributed by atoms with Crippen LogP contribution in [0.25, 0.3) is 17.0 Å². The summed E-state index contributed by atoms with van der Waals surface area (Å²) in [7, 11) is 0. The van der Waals surface area contributed by atoms with Gasteiger partial charge in [0.1, 0.15) is 15.7 Å². The number of thiocarbonyl (C=S) groups is 1. The van der Waals surface area contributed by atoms with Gasteiger partial charge in [0, 0.05) is 17.5 Å². The molecule has 1 saturated heterocycles. The second-order valence-corrected chi connectivity index (χ2v) is 8.11. The molecular weight excluding hydrogens is 406 g/mol. The molecule has 2 heterocycles. The summed E-state index contributed by atoms with van der Waals surface area (Å²) in [5, 5.41) is 0.888. The van der Waals surface area contributed by atoms with E-state index in [1.807, 2.05) is 38.1 Å². The van der Waals surface area contributed by atoms with Gasteiger partial charge in [-0.2, -0.15) is 0 Å². The van der Waals surface area contributed by atoms with Gasteiger partial charge in [-0.05, 0) is 43.7 Å². The van der Waals surface area contributed by atoms with Gasteiger partial charge in [0.25, 0.3) is 5.91 Å². The van der Waals surface area contributed by atoms with Crippen LogP contribution in [0.5, 0.6) is 5.75 Å². The normalized spacial score (nSPS) is 15.5. The molecule has 1 amide bonds. The molecule has 0 N–H and O–H groups in total. The first kappa shape index (κ1) is 19.4. The first-order valence-electron chi connectivity index (χ1n) is 9.03. The third-order valence-electron chi connectivity index (χ3n) is 4.61. The Morgan fingerprint density at radius 3 is 2.59 bits per heavy atom. The van der Waals surface area contributed by atoms with Crippen LogP contribution in [0.3, 0.4) is 0 Å². The number of ether oxygens (including phenoxy) is 1. The number of thioether (sulfide) groups is 1. The minimum atomic E-state index is -0.546. The van der Waals surface area contributed by atoms with E-state index < -0.39 is 5.97 Å². The van der Waals surface area contributed by atoms with Gasteiger partial charge in [-0.3, -0.25) is 9.69 Å². The van der Waals surface area contributed by atoms with Gasteiger partial charge in [0.2, 0.25) is 5.76 Å². The first-order chi connectivity index (χ1) is 14.0. The van der Waals surface area contributed by atoms with Crippen molar-refractivity contribution < 1.29 is 18.7 Å². The number of carbonyl (C=O) groups is 2. The number of hydrogen-bond acceptors (Lipinski definition) is 6. The first-order valence-corrected chi connectivity index (χ1v) is 10.3. The van der Waals surface area contributed by atoms with Gasteiger partial charge in [-0.1, -0.05) is 54.3 Å². The Morgan fingerprint density at radius 2 is 1.93 bits per heavy atom. The summed E-state index contributed by atoms with van der Waals surface area (Å²) < 4.78 is 11.7. The lowest BCUT2D eigenvalue weighted by Gasteiger charge is -2.09. The summed E-state index contributed by atoms with van der Waals surface area (Å²) in [6, 6.07) is 14.4. The van der Waals surface area contributed by atoms with E-state index in [4.69, 9.17) is 21.4 Å². The number of para-hydroxylation sites is 1. The van der Waals surface area contributed by atoms with Crippen molar-refractivity contribution in [2.75, 3.05) is 6.54 Å². The summed E-state index contributed by atoms with van der Waals surface area (Å²) in [4.78, 5) is 27.0. The number of aryl methyl sites for hydroxylation is 1. The highest BCUT2D eigenvalue weighted by molar-refractivity contribution is 8.26. The summed E-state index contributed by atoms with van der Waals surface area (Å²) in [5.41, 5.74) is 2.22. The second kappa shape index (κ2) is 7.85. The van der Waals surface area contributed by atoms with Crippen LogP contribution in [0.2, 0.25) is 0 Å². The fourth-order valence-corrected chi connectivity index (χ4v) is 4.46. The topological polar surface area (TPSA) is 59.8 Å².